The van der Waals surface area contributed by atoms with Crippen molar-refractivity contribution >= 4 is 5.69 Å². The first-order valence-electron chi connectivity index (χ1n) is 8.10. The van der Waals surface area contributed by atoms with Gasteiger partial charge in [-0.1, -0.05) is 30.3 Å². The van der Waals surface area contributed by atoms with Crippen LogP contribution in [0.1, 0.15) is 18.1 Å². The van der Waals surface area contributed by atoms with Gasteiger partial charge in [-0.3, -0.25) is 10.1 Å². The van der Waals surface area contributed by atoms with Gasteiger partial charge in [-0.15, -0.1) is 0 Å². The molecule has 0 radical (unpaired) electrons. The van der Waals surface area contributed by atoms with E-state index in [1.54, 1.807) is 12.1 Å². The van der Waals surface area contributed by atoms with Gasteiger partial charge in [-0.2, -0.15) is 0 Å². The average molecular weight is 328 g/mol. The van der Waals surface area contributed by atoms with E-state index >= 15 is 0 Å². The van der Waals surface area contributed by atoms with Crippen LogP contribution in [-0.4, -0.2) is 36.1 Å². The first-order chi connectivity index (χ1) is 11.5. The molecule has 0 amide bonds. The van der Waals surface area contributed by atoms with Crippen molar-refractivity contribution in [1.82, 2.24) is 4.90 Å². The van der Waals surface area contributed by atoms with Gasteiger partial charge in [-0.25, -0.2) is 0 Å². The van der Waals surface area contributed by atoms with Crippen LogP contribution in [0.2, 0.25) is 0 Å². The number of hydrogen-bond acceptors (Lipinski definition) is 4. The van der Waals surface area contributed by atoms with E-state index < -0.39 is 0 Å². The predicted molar refractivity (Wildman–Crippen MR) is 95.6 cm³/mol. The molecule has 5 nitrogen and oxygen atoms in total. The molecule has 0 N–H and O–H groups in total. The number of hydrogen-bond donors (Lipinski definition) is 0. The third-order valence-corrected chi connectivity index (χ3v) is 3.92. The fourth-order valence-electron chi connectivity index (χ4n) is 2.58. The minimum Gasteiger partial charge on any atom is -0.489 e. The number of aryl methyl sites for hydroxylation is 1. The van der Waals surface area contributed by atoms with Gasteiger partial charge < -0.3 is 9.64 Å². The van der Waals surface area contributed by atoms with E-state index in [1.165, 1.54) is 0 Å². The number of ether oxygens (including phenoxy) is 1. The van der Waals surface area contributed by atoms with Crippen molar-refractivity contribution in [3.63, 3.8) is 0 Å². The molecule has 0 fully saturated rings. The molecule has 5 heteroatoms. The number of para-hydroxylation sites is 1. The Morgan fingerprint density at radius 3 is 2.46 bits per heavy atom. The van der Waals surface area contributed by atoms with Gasteiger partial charge in [0.1, 0.15) is 11.9 Å². The summed E-state index contributed by atoms with van der Waals surface area (Å²) in [6.07, 6.45) is 0.943. The number of likely N-dealkylation sites (N-methyl/N-ethyl adjacent to an activating group) is 1. The quantitative estimate of drug-likeness (QED) is 0.545. The fourth-order valence-corrected chi connectivity index (χ4v) is 2.58. The lowest BCUT2D eigenvalue weighted by atomic mass is 10.1. The molecule has 0 aliphatic carbocycles. The molecule has 2 rings (SSSR count). The zero-order valence-corrected chi connectivity index (χ0v) is 14.4. The van der Waals surface area contributed by atoms with Crippen molar-refractivity contribution < 1.29 is 9.66 Å². The molecule has 2 aromatic carbocycles. The van der Waals surface area contributed by atoms with Crippen molar-refractivity contribution in [3.8, 4) is 5.75 Å². The largest absolute Gasteiger partial charge is 0.489 e. The van der Waals surface area contributed by atoms with Crippen molar-refractivity contribution in [1.29, 1.82) is 0 Å². The van der Waals surface area contributed by atoms with Gasteiger partial charge in [0.05, 0.1) is 4.92 Å². The number of rotatable bonds is 8. The monoisotopic (exact) mass is 328 g/mol. The van der Waals surface area contributed by atoms with E-state index in [9.17, 15) is 10.1 Å². The van der Waals surface area contributed by atoms with E-state index in [0.717, 1.165) is 36.4 Å². The second-order valence-electron chi connectivity index (χ2n) is 6.13. The summed E-state index contributed by atoms with van der Waals surface area (Å²) in [5, 5.41) is 10.7. The summed E-state index contributed by atoms with van der Waals surface area (Å²) in [7, 11) is 2.06. The topological polar surface area (TPSA) is 55.6 Å². The molecule has 24 heavy (non-hydrogen) atoms. The van der Waals surface area contributed by atoms with Crippen LogP contribution in [0.5, 0.6) is 5.75 Å². The molecule has 1 atom stereocenters. The number of nitro groups is 1. The van der Waals surface area contributed by atoms with Gasteiger partial charge >= 0.3 is 0 Å². The SMILES string of the molecule is Cc1ccccc1OC(C)CN(C)CCc1ccc([N+](=O)[O-])cc1. The molecule has 0 aromatic heterocycles. The molecule has 0 aliphatic rings. The summed E-state index contributed by atoms with van der Waals surface area (Å²) in [6.45, 7) is 5.80. The predicted octanol–water partition coefficient (Wildman–Crippen LogP) is 3.85. The number of nitrogens with zero attached hydrogens (tertiary/aromatic N) is 2. The van der Waals surface area contributed by atoms with Crippen LogP contribution in [-0.2, 0) is 6.42 Å². The zero-order valence-electron chi connectivity index (χ0n) is 14.4. The first kappa shape index (κ1) is 17.9. The minimum atomic E-state index is -0.375. The first-order valence-corrected chi connectivity index (χ1v) is 8.10. The van der Waals surface area contributed by atoms with Gasteiger partial charge in [0.25, 0.3) is 5.69 Å². The third-order valence-electron chi connectivity index (χ3n) is 3.92. The van der Waals surface area contributed by atoms with Crippen LogP contribution in [0.25, 0.3) is 0 Å². The molecule has 1 unspecified atom stereocenters. The lowest BCUT2D eigenvalue weighted by Gasteiger charge is -2.23. The van der Waals surface area contributed by atoms with Crippen LogP contribution in [0.3, 0.4) is 0 Å². The van der Waals surface area contributed by atoms with E-state index in [2.05, 4.69) is 18.9 Å². The van der Waals surface area contributed by atoms with Crippen molar-refractivity contribution in [2.45, 2.75) is 26.4 Å². The average Bonchev–Trinajstić information content (AvgIpc) is 2.55. The molecule has 0 saturated carbocycles. The smallest absolute Gasteiger partial charge is 0.269 e. The lowest BCUT2D eigenvalue weighted by molar-refractivity contribution is -0.384. The van der Waals surface area contributed by atoms with Crippen LogP contribution in [0.4, 0.5) is 5.69 Å². The Kier molecular flexibility index (Phi) is 6.32. The number of nitro benzene ring substituents is 1. The van der Waals surface area contributed by atoms with Gasteiger partial charge in [0.2, 0.25) is 0 Å². The molecule has 0 spiro atoms. The molecular weight excluding hydrogens is 304 g/mol. The third kappa shape index (κ3) is 5.35. The van der Waals surface area contributed by atoms with Gasteiger partial charge in [0.15, 0.2) is 0 Å². The van der Waals surface area contributed by atoms with Gasteiger partial charge in [-0.05, 0) is 44.5 Å². The van der Waals surface area contributed by atoms with E-state index in [1.807, 2.05) is 43.3 Å². The Balaban J connectivity index is 1.79. The normalized spacial score (nSPS) is 12.2. The Morgan fingerprint density at radius 1 is 1.17 bits per heavy atom. The Morgan fingerprint density at radius 2 is 1.83 bits per heavy atom. The van der Waals surface area contributed by atoms with Crippen LogP contribution < -0.4 is 4.74 Å². The van der Waals surface area contributed by atoms with Crippen molar-refractivity contribution in [3.05, 3.63) is 69.8 Å². The highest BCUT2D eigenvalue weighted by molar-refractivity contribution is 5.33. The van der Waals surface area contributed by atoms with Crippen LogP contribution in [0, 0.1) is 17.0 Å². The van der Waals surface area contributed by atoms with E-state index in [0.29, 0.717) is 0 Å². The molecule has 2 aromatic rings. The fraction of sp³-hybridized carbons (Fsp3) is 0.368. The lowest BCUT2D eigenvalue weighted by Crippen LogP contribution is -2.32. The number of benzene rings is 2. The van der Waals surface area contributed by atoms with Crippen LogP contribution in [0.15, 0.2) is 48.5 Å². The standard InChI is InChI=1S/C19H24N2O3/c1-15-6-4-5-7-19(15)24-16(2)14-20(3)13-12-17-8-10-18(11-9-17)21(22)23/h4-11,16H,12-14H2,1-3H3. The van der Waals surface area contributed by atoms with Crippen molar-refractivity contribution in [2.75, 3.05) is 20.1 Å². The Labute approximate surface area is 143 Å². The zero-order chi connectivity index (χ0) is 17.5. The van der Waals surface area contributed by atoms with Crippen LogP contribution >= 0.6 is 0 Å². The summed E-state index contributed by atoms with van der Waals surface area (Å²) >= 11 is 0. The molecule has 128 valence electrons. The maximum atomic E-state index is 10.7. The van der Waals surface area contributed by atoms with Gasteiger partial charge in [0, 0.05) is 25.2 Å². The molecule has 0 saturated heterocycles. The highest BCUT2D eigenvalue weighted by atomic mass is 16.6. The second kappa shape index (κ2) is 8.45. The molecule has 0 bridgehead atoms. The highest BCUT2D eigenvalue weighted by Crippen LogP contribution is 2.18. The Bertz CT molecular complexity index is 671. The molecule has 0 heterocycles. The molecular formula is C19H24N2O3. The molecule has 0 aliphatic heterocycles. The summed E-state index contributed by atoms with van der Waals surface area (Å²) in [4.78, 5) is 12.5. The summed E-state index contributed by atoms with van der Waals surface area (Å²) < 4.78 is 5.99. The summed E-state index contributed by atoms with van der Waals surface area (Å²) in [5.74, 6) is 0.925. The summed E-state index contributed by atoms with van der Waals surface area (Å²) in [5.41, 5.74) is 2.37. The maximum Gasteiger partial charge on any atom is 0.269 e. The minimum absolute atomic E-state index is 0.0907. The Hall–Kier alpha value is -2.40. The van der Waals surface area contributed by atoms with Crippen molar-refractivity contribution in [2.24, 2.45) is 0 Å². The highest BCUT2D eigenvalue weighted by Gasteiger charge is 2.10. The van der Waals surface area contributed by atoms with E-state index in [-0.39, 0.29) is 16.7 Å². The second-order valence-corrected chi connectivity index (χ2v) is 6.13. The maximum absolute atomic E-state index is 10.7. The summed E-state index contributed by atoms with van der Waals surface area (Å²) in [6, 6.07) is 14.8. The van der Waals surface area contributed by atoms with E-state index in [4.69, 9.17) is 4.74 Å². The number of non-ortho nitro benzene ring substituents is 1.